The first-order valence-corrected chi connectivity index (χ1v) is 6.28. The van der Waals surface area contributed by atoms with E-state index in [0.29, 0.717) is 5.02 Å². The summed E-state index contributed by atoms with van der Waals surface area (Å²) < 4.78 is 0. The first kappa shape index (κ1) is 14.1. The second-order valence-corrected chi connectivity index (χ2v) is 4.71. The number of nitrogens with two attached hydrogens (primary N) is 1. The summed E-state index contributed by atoms with van der Waals surface area (Å²) in [5.74, 6) is 0.374. The Balaban J connectivity index is 2.27. The normalized spacial score (nSPS) is 11.9. The Morgan fingerprint density at radius 1 is 1.30 bits per heavy atom. The highest BCUT2D eigenvalue weighted by atomic mass is 35.5. The van der Waals surface area contributed by atoms with Gasteiger partial charge in [0, 0.05) is 11.1 Å². The van der Waals surface area contributed by atoms with E-state index in [1.807, 2.05) is 19.1 Å². The lowest BCUT2D eigenvalue weighted by atomic mass is 10.1. The Labute approximate surface area is 120 Å². The number of pyridine rings is 1. The van der Waals surface area contributed by atoms with Crippen molar-refractivity contribution in [2.45, 2.75) is 13.0 Å². The highest BCUT2D eigenvalue weighted by Gasteiger charge is 2.17. The van der Waals surface area contributed by atoms with Crippen LogP contribution in [0, 0.1) is 10.1 Å². The molecule has 20 heavy (non-hydrogen) atoms. The Morgan fingerprint density at radius 2 is 1.95 bits per heavy atom. The standard InChI is InChI=1S/C13H13ClN4O2/c1-8(9-2-4-10(14)5-3-9)16-13-11(18(19)20)6-7-12(15)17-13/h2-8H,1H3,(H3,15,16,17). The third kappa shape index (κ3) is 3.16. The van der Waals surface area contributed by atoms with Gasteiger partial charge < -0.3 is 11.1 Å². The zero-order chi connectivity index (χ0) is 14.7. The molecule has 0 aliphatic carbocycles. The highest BCUT2D eigenvalue weighted by molar-refractivity contribution is 6.30. The summed E-state index contributed by atoms with van der Waals surface area (Å²) in [6.45, 7) is 1.87. The fraction of sp³-hybridized carbons (Fsp3) is 0.154. The zero-order valence-electron chi connectivity index (χ0n) is 10.7. The average Bonchev–Trinajstić information content (AvgIpc) is 2.39. The second kappa shape index (κ2) is 5.75. The number of nitro groups is 1. The fourth-order valence-electron chi connectivity index (χ4n) is 1.76. The van der Waals surface area contributed by atoms with Crippen molar-refractivity contribution in [3.8, 4) is 0 Å². The Kier molecular flexibility index (Phi) is 4.05. The van der Waals surface area contributed by atoms with Crippen molar-refractivity contribution in [2.24, 2.45) is 0 Å². The van der Waals surface area contributed by atoms with Crippen LogP contribution in [0.1, 0.15) is 18.5 Å². The number of anilines is 2. The van der Waals surface area contributed by atoms with Gasteiger partial charge in [0.1, 0.15) is 5.82 Å². The van der Waals surface area contributed by atoms with Gasteiger partial charge in [-0.05, 0) is 30.7 Å². The van der Waals surface area contributed by atoms with Gasteiger partial charge in [0.15, 0.2) is 0 Å². The van der Waals surface area contributed by atoms with Crippen LogP contribution < -0.4 is 11.1 Å². The van der Waals surface area contributed by atoms with Crippen molar-refractivity contribution in [3.05, 3.63) is 57.1 Å². The number of rotatable bonds is 4. The zero-order valence-corrected chi connectivity index (χ0v) is 11.5. The summed E-state index contributed by atoms with van der Waals surface area (Å²) in [4.78, 5) is 14.4. The van der Waals surface area contributed by atoms with Gasteiger partial charge in [-0.15, -0.1) is 0 Å². The van der Waals surface area contributed by atoms with Crippen LogP contribution in [0.4, 0.5) is 17.3 Å². The van der Waals surface area contributed by atoms with Crippen LogP contribution in [0.5, 0.6) is 0 Å². The maximum atomic E-state index is 11.0. The van der Waals surface area contributed by atoms with Crippen LogP contribution >= 0.6 is 11.6 Å². The monoisotopic (exact) mass is 292 g/mol. The molecule has 0 fully saturated rings. The predicted molar refractivity (Wildman–Crippen MR) is 78.8 cm³/mol. The number of nitrogens with one attached hydrogen (secondary N) is 1. The molecule has 1 heterocycles. The molecule has 2 aromatic rings. The van der Waals surface area contributed by atoms with Crippen molar-refractivity contribution in [3.63, 3.8) is 0 Å². The minimum Gasteiger partial charge on any atom is -0.384 e. The molecule has 2 rings (SSSR count). The third-order valence-electron chi connectivity index (χ3n) is 2.82. The van der Waals surface area contributed by atoms with Crippen LogP contribution in [0.15, 0.2) is 36.4 Å². The molecule has 0 saturated heterocycles. The van der Waals surface area contributed by atoms with E-state index in [1.165, 1.54) is 12.1 Å². The minimum atomic E-state index is -0.497. The summed E-state index contributed by atoms with van der Waals surface area (Å²) >= 11 is 5.83. The first-order valence-electron chi connectivity index (χ1n) is 5.90. The lowest BCUT2D eigenvalue weighted by molar-refractivity contribution is -0.384. The van der Waals surface area contributed by atoms with Gasteiger partial charge in [0.25, 0.3) is 0 Å². The number of halogens is 1. The van der Waals surface area contributed by atoms with Crippen molar-refractivity contribution in [1.29, 1.82) is 0 Å². The molecule has 0 bridgehead atoms. The van der Waals surface area contributed by atoms with Gasteiger partial charge in [0.2, 0.25) is 5.82 Å². The molecule has 6 nitrogen and oxygen atoms in total. The predicted octanol–water partition coefficient (Wildman–Crippen LogP) is 3.40. The van der Waals surface area contributed by atoms with E-state index in [0.717, 1.165) is 5.56 Å². The largest absolute Gasteiger partial charge is 0.384 e. The number of nitrogens with zero attached hydrogens (tertiary/aromatic N) is 2. The van der Waals surface area contributed by atoms with E-state index in [1.54, 1.807) is 12.1 Å². The van der Waals surface area contributed by atoms with E-state index in [2.05, 4.69) is 10.3 Å². The lowest BCUT2D eigenvalue weighted by Gasteiger charge is -2.15. The van der Waals surface area contributed by atoms with E-state index in [-0.39, 0.29) is 23.4 Å². The number of aromatic nitrogens is 1. The van der Waals surface area contributed by atoms with E-state index in [4.69, 9.17) is 17.3 Å². The van der Waals surface area contributed by atoms with E-state index in [9.17, 15) is 10.1 Å². The number of hydrogen-bond donors (Lipinski definition) is 2. The summed E-state index contributed by atoms with van der Waals surface area (Å²) in [6, 6.07) is 9.78. The molecule has 1 atom stereocenters. The molecule has 3 N–H and O–H groups in total. The molecular formula is C13H13ClN4O2. The maximum Gasteiger partial charge on any atom is 0.311 e. The van der Waals surface area contributed by atoms with Gasteiger partial charge in [-0.25, -0.2) is 4.98 Å². The Morgan fingerprint density at radius 3 is 2.55 bits per heavy atom. The number of hydrogen-bond acceptors (Lipinski definition) is 5. The number of benzene rings is 1. The Hall–Kier alpha value is -2.34. The highest BCUT2D eigenvalue weighted by Crippen LogP contribution is 2.27. The molecule has 0 aliphatic rings. The van der Waals surface area contributed by atoms with E-state index >= 15 is 0 Å². The van der Waals surface area contributed by atoms with Crippen LogP contribution in [0.25, 0.3) is 0 Å². The molecular weight excluding hydrogens is 280 g/mol. The SMILES string of the molecule is CC(Nc1nc(N)ccc1[N+](=O)[O-])c1ccc(Cl)cc1. The smallest absolute Gasteiger partial charge is 0.311 e. The molecule has 1 aromatic carbocycles. The van der Waals surface area contributed by atoms with Crippen LogP contribution in [0.3, 0.4) is 0 Å². The van der Waals surface area contributed by atoms with Crippen molar-refractivity contribution >= 4 is 28.9 Å². The fourth-order valence-corrected chi connectivity index (χ4v) is 1.89. The number of nitrogen functional groups attached to an aromatic ring is 1. The third-order valence-corrected chi connectivity index (χ3v) is 3.07. The van der Waals surface area contributed by atoms with Crippen molar-refractivity contribution in [1.82, 2.24) is 4.98 Å². The molecule has 0 saturated carbocycles. The summed E-state index contributed by atoms with van der Waals surface area (Å²) in [5, 5.41) is 14.6. The molecule has 7 heteroatoms. The summed E-state index contributed by atoms with van der Waals surface area (Å²) in [6.07, 6.45) is 0. The molecule has 0 aliphatic heterocycles. The maximum absolute atomic E-state index is 11.0. The topological polar surface area (TPSA) is 94.1 Å². The lowest BCUT2D eigenvalue weighted by Crippen LogP contribution is -2.10. The molecule has 104 valence electrons. The van der Waals surface area contributed by atoms with Crippen LogP contribution in [-0.2, 0) is 0 Å². The van der Waals surface area contributed by atoms with Gasteiger partial charge in [0.05, 0.1) is 11.0 Å². The second-order valence-electron chi connectivity index (χ2n) is 4.28. The quantitative estimate of drug-likeness (QED) is 0.665. The van der Waals surface area contributed by atoms with Gasteiger partial charge in [-0.3, -0.25) is 10.1 Å². The minimum absolute atomic E-state index is 0.111. The molecule has 0 amide bonds. The summed E-state index contributed by atoms with van der Waals surface area (Å²) in [5.41, 5.74) is 6.40. The van der Waals surface area contributed by atoms with Crippen molar-refractivity contribution < 1.29 is 4.92 Å². The average molecular weight is 293 g/mol. The van der Waals surface area contributed by atoms with Gasteiger partial charge in [-0.2, -0.15) is 0 Å². The van der Waals surface area contributed by atoms with Gasteiger partial charge in [-0.1, -0.05) is 23.7 Å². The van der Waals surface area contributed by atoms with Crippen LogP contribution in [-0.4, -0.2) is 9.91 Å². The molecule has 1 aromatic heterocycles. The molecule has 1 unspecified atom stereocenters. The van der Waals surface area contributed by atoms with Gasteiger partial charge >= 0.3 is 5.69 Å². The van der Waals surface area contributed by atoms with Crippen LogP contribution in [0.2, 0.25) is 5.02 Å². The Bertz CT molecular complexity index is 631. The first-order chi connectivity index (χ1) is 9.47. The molecule has 0 radical (unpaired) electrons. The molecule has 0 spiro atoms. The summed E-state index contributed by atoms with van der Waals surface area (Å²) in [7, 11) is 0. The van der Waals surface area contributed by atoms with Crippen molar-refractivity contribution in [2.75, 3.05) is 11.1 Å². The van der Waals surface area contributed by atoms with E-state index < -0.39 is 4.92 Å².